The van der Waals surface area contributed by atoms with Crippen LogP contribution in [0.2, 0.25) is 0 Å². The maximum atomic E-state index is 13.5. The van der Waals surface area contributed by atoms with E-state index in [0.29, 0.717) is 12.6 Å². The third-order valence-corrected chi connectivity index (χ3v) is 5.91. The third kappa shape index (κ3) is 3.83. The van der Waals surface area contributed by atoms with Gasteiger partial charge in [0.25, 0.3) is 0 Å². The van der Waals surface area contributed by atoms with Crippen LogP contribution < -0.4 is 15.2 Å². The standard InChI is InChI=1S/C20H20F6N2O2/c1-2-18(9-19(21,22)23)10-30-16-7-14-12(5-15(16)28(18)8-11-3-4-11)13(20(24,25)26)6-17(29)27-14/h5-7,11H,2-4,8-10H2,1H3,(H,27,29). The number of nitrogens with one attached hydrogen (secondary N) is 1. The number of hydrogen-bond donors (Lipinski definition) is 1. The van der Waals surface area contributed by atoms with Crippen molar-refractivity contribution in [1.29, 1.82) is 0 Å². The molecule has 1 unspecified atom stereocenters. The summed E-state index contributed by atoms with van der Waals surface area (Å²) in [7, 11) is 0. The number of alkyl halides is 6. The number of aromatic amines is 1. The molecule has 10 heteroatoms. The molecular weight excluding hydrogens is 414 g/mol. The molecule has 1 saturated carbocycles. The molecule has 30 heavy (non-hydrogen) atoms. The molecule has 1 aromatic carbocycles. The van der Waals surface area contributed by atoms with Crippen molar-refractivity contribution >= 4 is 16.6 Å². The molecule has 4 nitrogen and oxygen atoms in total. The number of anilines is 1. The van der Waals surface area contributed by atoms with Crippen LogP contribution in [0, 0.1) is 5.92 Å². The van der Waals surface area contributed by atoms with Gasteiger partial charge in [0.1, 0.15) is 12.4 Å². The predicted molar refractivity (Wildman–Crippen MR) is 98.8 cm³/mol. The summed E-state index contributed by atoms with van der Waals surface area (Å²) in [5, 5.41) is -0.274. The Morgan fingerprint density at radius 2 is 1.87 bits per heavy atom. The van der Waals surface area contributed by atoms with Crippen molar-refractivity contribution in [2.75, 3.05) is 18.1 Å². The highest BCUT2D eigenvalue weighted by Crippen LogP contribution is 2.48. The molecule has 2 heterocycles. The van der Waals surface area contributed by atoms with Gasteiger partial charge in [0.2, 0.25) is 5.56 Å². The molecule has 0 radical (unpaired) electrons. The van der Waals surface area contributed by atoms with Crippen LogP contribution in [0.1, 0.15) is 38.2 Å². The summed E-state index contributed by atoms with van der Waals surface area (Å²) in [5.41, 5.74) is -3.31. The number of halogens is 6. The fraction of sp³-hybridized carbons (Fsp3) is 0.550. The Labute approximate surface area is 167 Å². The number of ether oxygens (including phenoxy) is 1. The van der Waals surface area contributed by atoms with E-state index in [0.717, 1.165) is 12.8 Å². The Hall–Kier alpha value is -2.39. The van der Waals surface area contributed by atoms with Crippen LogP contribution in [0.5, 0.6) is 5.75 Å². The van der Waals surface area contributed by atoms with Crippen LogP contribution >= 0.6 is 0 Å². The first kappa shape index (κ1) is 20.9. The first-order chi connectivity index (χ1) is 13.9. The molecule has 1 fully saturated rings. The summed E-state index contributed by atoms with van der Waals surface area (Å²) in [5.74, 6) is 0.368. The van der Waals surface area contributed by atoms with Gasteiger partial charge in [-0.25, -0.2) is 0 Å². The van der Waals surface area contributed by atoms with Crippen molar-refractivity contribution < 1.29 is 31.1 Å². The van der Waals surface area contributed by atoms with E-state index in [4.69, 9.17) is 4.74 Å². The summed E-state index contributed by atoms with van der Waals surface area (Å²) < 4.78 is 86.5. The summed E-state index contributed by atoms with van der Waals surface area (Å²) in [4.78, 5) is 15.7. The van der Waals surface area contributed by atoms with Gasteiger partial charge in [0.05, 0.1) is 28.7 Å². The predicted octanol–water partition coefficient (Wildman–Crippen LogP) is 5.26. The van der Waals surface area contributed by atoms with Gasteiger partial charge in [0, 0.05) is 24.1 Å². The van der Waals surface area contributed by atoms with E-state index in [9.17, 15) is 31.1 Å². The van der Waals surface area contributed by atoms with Crippen LogP contribution in [0.15, 0.2) is 23.0 Å². The van der Waals surface area contributed by atoms with Crippen molar-refractivity contribution in [3.63, 3.8) is 0 Å². The van der Waals surface area contributed by atoms with Crippen LogP contribution in [0.25, 0.3) is 10.9 Å². The van der Waals surface area contributed by atoms with E-state index in [2.05, 4.69) is 4.98 Å². The molecule has 1 aromatic heterocycles. The molecule has 2 aliphatic rings. The number of nitrogens with zero attached hydrogens (tertiary/aromatic N) is 1. The van der Waals surface area contributed by atoms with Gasteiger partial charge >= 0.3 is 12.4 Å². The number of rotatable bonds is 4. The van der Waals surface area contributed by atoms with Crippen molar-refractivity contribution in [3.05, 3.63) is 34.1 Å². The van der Waals surface area contributed by atoms with Gasteiger partial charge in [0.15, 0.2) is 0 Å². The first-order valence-electron chi connectivity index (χ1n) is 9.67. The normalized spacial score (nSPS) is 22.2. The average Bonchev–Trinajstić information content (AvgIpc) is 3.44. The SMILES string of the molecule is CCC1(CC(F)(F)F)COc2cc3[nH]c(=O)cc(C(F)(F)F)c3cc2N1CC1CC1. The van der Waals surface area contributed by atoms with E-state index in [1.54, 1.807) is 11.8 Å². The monoisotopic (exact) mass is 434 g/mol. The average molecular weight is 434 g/mol. The Balaban J connectivity index is 1.92. The Kier molecular flexibility index (Phi) is 4.74. The van der Waals surface area contributed by atoms with Crippen LogP contribution in [-0.4, -0.2) is 29.9 Å². The number of aromatic nitrogens is 1. The zero-order chi connectivity index (χ0) is 21.9. The van der Waals surface area contributed by atoms with Gasteiger partial charge in [-0.2, -0.15) is 26.3 Å². The van der Waals surface area contributed by atoms with E-state index in [-0.39, 0.29) is 41.3 Å². The van der Waals surface area contributed by atoms with E-state index in [1.165, 1.54) is 12.1 Å². The molecule has 0 amide bonds. The van der Waals surface area contributed by atoms with E-state index >= 15 is 0 Å². The van der Waals surface area contributed by atoms with E-state index < -0.39 is 35.4 Å². The minimum atomic E-state index is -4.79. The van der Waals surface area contributed by atoms with Crippen LogP contribution in [0.3, 0.4) is 0 Å². The minimum absolute atomic E-state index is 0.0697. The molecule has 1 N–H and O–H groups in total. The number of hydrogen-bond acceptors (Lipinski definition) is 3. The minimum Gasteiger partial charge on any atom is -0.489 e. The highest BCUT2D eigenvalue weighted by molar-refractivity contribution is 5.89. The van der Waals surface area contributed by atoms with Crippen LogP contribution in [-0.2, 0) is 6.18 Å². The van der Waals surface area contributed by atoms with Gasteiger partial charge in [-0.3, -0.25) is 4.79 Å². The van der Waals surface area contributed by atoms with E-state index in [1.807, 2.05) is 0 Å². The van der Waals surface area contributed by atoms with Gasteiger partial charge in [-0.05, 0) is 31.2 Å². The lowest BCUT2D eigenvalue weighted by atomic mass is 9.87. The highest BCUT2D eigenvalue weighted by Gasteiger charge is 2.50. The van der Waals surface area contributed by atoms with Crippen molar-refractivity contribution in [1.82, 2.24) is 4.98 Å². The zero-order valence-corrected chi connectivity index (χ0v) is 16.1. The molecule has 0 spiro atoms. The quantitative estimate of drug-likeness (QED) is 0.668. The lowest BCUT2D eigenvalue weighted by Gasteiger charge is -2.49. The molecule has 1 aliphatic carbocycles. The van der Waals surface area contributed by atoms with Gasteiger partial charge in [-0.15, -0.1) is 0 Å². The number of benzene rings is 1. The Bertz CT molecular complexity index is 1020. The second kappa shape index (κ2) is 6.81. The molecule has 1 aliphatic heterocycles. The topological polar surface area (TPSA) is 45.3 Å². The van der Waals surface area contributed by atoms with Crippen molar-refractivity contribution in [2.45, 2.75) is 50.5 Å². The first-order valence-corrected chi connectivity index (χ1v) is 9.67. The fourth-order valence-electron chi connectivity index (χ4n) is 4.17. The van der Waals surface area contributed by atoms with Crippen molar-refractivity contribution in [3.8, 4) is 5.75 Å². The van der Waals surface area contributed by atoms with Gasteiger partial charge < -0.3 is 14.6 Å². The van der Waals surface area contributed by atoms with Crippen molar-refractivity contribution in [2.24, 2.45) is 5.92 Å². The van der Waals surface area contributed by atoms with Gasteiger partial charge in [-0.1, -0.05) is 6.92 Å². The molecular formula is C20H20F6N2O2. The highest BCUT2D eigenvalue weighted by atomic mass is 19.4. The lowest BCUT2D eigenvalue weighted by molar-refractivity contribution is -0.151. The molecule has 4 rings (SSSR count). The summed E-state index contributed by atoms with van der Waals surface area (Å²) >= 11 is 0. The maximum absolute atomic E-state index is 13.5. The zero-order valence-electron chi connectivity index (χ0n) is 16.1. The number of pyridine rings is 1. The summed E-state index contributed by atoms with van der Waals surface area (Å²) in [6.07, 6.45) is -8.52. The molecule has 164 valence electrons. The molecule has 0 saturated heterocycles. The third-order valence-electron chi connectivity index (χ3n) is 5.91. The second-order valence-electron chi connectivity index (χ2n) is 8.12. The molecule has 0 bridgehead atoms. The Morgan fingerprint density at radius 3 is 2.43 bits per heavy atom. The largest absolute Gasteiger partial charge is 0.489 e. The summed E-state index contributed by atoms with van der Waals surface area (Å²) in [6, 6.07) is 2.94. The molecule has 1 atom stereocenters. The second-order valence-corrected chi connectivity index (χ2v) is 8.12. The number of fused-ring (bicyclic) bond motifs is 2. The maximum Gasteiger partial charge on any atom is 0.417 e. The lowest BCUT2D eigenvalue weighted by Crippen LogP contribution is -2.58. The Morgan fingerprint density at radius 1 is 1.17 bits per heavy atom. The fourth-order valence-corrected chi connectivity index (χ4v) is 4.17. The van der Waals surface area contributed by atoms with Crippen LogP contribution in [0.4, 0.5) is 32.0 Å². The molecule has 2 aromatic rings. The summed E-state index contributed by atoms with van der Waals surface area (Å²) in [6.45, 7) is 1.70. The smallest absolute Gasteiger partial charge is 0.417 e. The number of H-pyrrole nitrogens is 1.